The summed E-state index contributed by atoms with van der Waals surface area (Å²) in [6.07, 6.45) is 9.19. The van der Waals surface area contributed by atoms with Gasteiger partial charge in [0.25, 0.3) is 0 Å². The van der Waals surface area contributed by atoms with Crippen molar-refractivity contribution in [2.45, 2.75) is 58.8 Å². The number of carbonyl (C=O) groups is 1. The fourth-order valence-corrected chi connectivity index (χ4v) is 1.39. The van der Waals surface area contributed by atoms with Crippen LogP contribution in [0.1, 0.15) is 58.8 Å². The van der Waals surface area contributed by atoms with Crippen LogP contribution in [0.2, 0.25) is 0 Å². The van der Waals surface area contributed by atoms with E-state index in [1.807, 2.05) is 0 Å². The van der Waals surface area contributed by atoms with Gasteiger partial charge in [-0.1, -0.05) is 45.4 Å². The van der Waals surface area contributed by atoms with Crippen molar-refractivity contribution in [3.8, 4) is 0 Å². The van der Waals surface area contributed by atoms with Crippen molar-refractivity contribution in [2.75, 3.05) is 6.61 Å². The van der Waals surface area contributed by atoms with Crippen LogP contribution in [0.5, 0.6) is 0 Å². The summed E-state index contributed by atoms with van der Waals surface area (Å²) in [5.74, 6) is -0.423. The smallest absolute Gasteiger partial charge is 0.336 e. The van der Waals surface area contributed by atoms with Crippen molar-refractivity contribution in [2.24, 2.45) is 0 Å². The zero-order valence-corrected chi connectivity index (χ0v) is 10.5. The molecule has 0 aliphatic rings. The van der Waals surface area contributed by atoms with E-state index in [9.17, 15) is 4.79 Å². The van der Waals surface area contributed by atoms with E-state index in [1.54, 1.807) is 0 Å². The average molecular weight is 228 g/mol. The molecule has 0 spiro atoms. The van der Waals surface area contributed by atoms with Gasteiger partial charge in [-0.15, -0.1) is 0 Å². The lowest BCUT2D eigenvalue weighted by molar-refractivity contribution is -0.139. The predicted molar refractivity (Wildman–Crippen MR) is 65.3 cm³/mol. The second kappa shape index (κ2) is 10.5. The molecule has 1 N–H and O–H groups in total. The number of aliphatic hydroxyl groups excluding tert-OH is 1. The molecule has 0 saturated carbocycles. The van der Waals surface area contributed by atoms with Gasteiger partial charge in [-0.05, 0) is 13.3 Å². The Bertz CT molecular complexity index is 209. The standard InChI is InChI=1S/C13H24O3/c1-3-4-5-6-7-8-9-10-16-13(15)12(2)11-14/h11,14H,3-10H2,1-2H3/b12-11+. The molecule has 0 aromatic heterocycles. The molecule has 0 aromatic rings. The fraction of sp³-hybridized carbons (Fsp3) is 0.769. The molecular weight excluding hydrogens is 204 g/mol. The van der Waals surface area contributed by atoms with Crippen LogP contribution in [0.4, 0.5) is 0 Å². The van der Waals surface area contributed by atoms with E-state index in [4.69, 9.17) is 9.84 Å². The molecule has 16 heavy (non-hydrogen) atoms. The van der Waals surface area contributed by atoms with Gasteiger partial charge in [-0.2, -0.15) is 0 Å². The molecule has 0 atom stereocenters. The lowest BCUT2D eigenvalue weighted by Crippen LogP contribution is -2.07. The lowest BCUT2D eigenvalue weighted by Gasteiger charge is -2.04. The van der Waals surface area contributed by atoms with E-state index in [2.05, 4.69) is 6.92 Å². The molecule has 0 fully saturated rings. The molecule has 0 aliphatic heterocycles. The number of aliphatic hydroxyl groups is 1. The Morgan fingerprint density at radius 1 is 1.12 bits per heavy atom. The summed E-state index contributed by atoms with van der Waals surface area (Å²) in [6, 6.07) is 0. The highest BCUT2D eigenvalue weighted by molar-refractivity contribution is 5.87. The van der Waals surface area contributed by atoms with Crippen molar-refractivity contribution >= 4 is 5.97 Å². The molecule has 0 heterocycles. The minimum atomic E-state index is -0.423. The minimum Gasteiger partial charge on any atom is -0.515 e. The molecule has 0 bridgehead atoms. The third-order valence-corrected chi connectivity index (χ3v) is 2.50. The molecule has 0 unspecified atom stereocenters. The van der Waals surface area contributed by atoms with Crippen LogP contribution >= 0.6 is 0 Å². The molecule has 0 saturated heterocycles. The number of ether oxygens (including phenoxy) is 1. The highest BCUT2D eigenvalue weighted by atomic mass is 16.5. The quantitative estimate of drug-likeness (QED) is 0.283. The van der Waals surface area contributed by atoms with Crippen LogP contribution in [0.3, 0.4) is 0 Å². The second-order valence-electron chi connectivity index (χ2n) is 4.07. The van der Waals surface area contributed by atoms with E-state index in [1.165, 1.54) is 39.0 Å². The molecule has 3 nitrogen and oxygen atoms in total. The van der Waals surface area contributed by atoms with Crippen LogP contribution in [-0.4, -0.2) is 17.7 Å². The number of esters is 1. The Hall–Kier alpha value is -0.990. The van der Waals surface area contributed by atoms with Crippen LogP contribution in [0, 0.1) is 0 Å². The normalized spacial score (nSPS) is 11.5. The second-order valence-corrected chi connectivity index (χ2v) is 4.07. The zero-order chi connectivity index (χ0) is 12.2. The molecule has 0 rings (SSSR count). The van der Waals surface area contributed by atoms with Gasteiger partial charge < -0.3 is 9.84 Å². The summed E-state index contributed by atoms with van der Waals surface area (Å²) in [6.45, 7) is 4.20. The molecule has 3 heteroatoms. The van der Waals surface area contributed by atoms with Crippen molar-refractivity contribution in [1.82, 2.24) is 0 Å². The molecule has 0 aliphatic carbocycles. The lowest BCUT2D eigenvalue weighted by atomic mass is 10.1. The Labute approximate surface area is 98.5 Å². The highest BCUT2D eigenvalue weighted by Gasteiger charge is 2.04. The monoisotopic (exact) mass is 228 g/mol. The number of rotatable bonds is 9. The third-order valence-electron chi connectivity index (χ3n) is 2.50. The Morgan fingerprint density at radius 2 is 1.69 bits per heavy atom. The fourth-order valence-electron chi connectivity index (χ4n) is 1.39. The first kappa shape index (κ1) is 15.0. The van der Waals surface area contributed by atoms with Crippen molar-refractivity contribution in [3.63, 3.8) is 0 Å². The van der Waals surface area contributed by atoms with Gasteiger partial charge in [0.2, 0.25) is 0 Å². The summed E-state index contributed by atoms with van der Waals surface area (Å²) in [4.78, 5) is 11.1. The van der Waals surface area contributed by atoms with Gasteiger partial charge in [0.1, 0.15) is 0 Å². The minimum absolute atomic E-state index is 0.253. The number of unbranched alkanes of at least 4 members (excludes halogenated alkanes) is 6. The van der Waals surface area contributed by atoms with E-state index < -0.39 is 5.97 Å². The van der Waals surface area contributed by atoms with Gasteiger partial charge in [-0.25, -0.2) is 4.79 Å². The molecular formula is C13H24O3. The van der Waals surface area contributed by atoms with E-state index in [0.29, 0.717) is 6.61 Å². The maximum absolute atomic E-state index is 11.1. The van der Waals surface area contributed by atoms with Crippen molar-refractivity contribution < 1.29 is 14.6 Å². The third kappa shape index (κ3) is 8.33. The summed E-state index contributed by atoms with van der Waals surface area (Å²) in [5, 5.41) is 8.57. The van der Waals surface area contributed by atoms with Gasteiger partial charge in [-0.3, -0.25) is 0 Å². The summed E-state index contributed by atoms with van der Waals surface area (Å²) in [5.41, 5.74) is 0.253. The first-order chi connectivity index (χ1) is 7.72. The Morgan fingerprint density at radius 3 is 2.25 bits per heavy atom. The van der Waals surface area contributed by atoms with E-state index in [0.717, 1.165) is 19.1 Å². The summed E-state index contributed by atoms with van der Waals surface area (Å²) in [7, 11) is 0. The predicted octanol–water partition coefficient (Wildman–Crippen LogP) is 3.74. The largest absolute Gasteiger partial charge is 0.515 e. The maximum atomic E-state index is 11.1. The van der Waals surface area contributed by atoms with Crippen LogP contribution < -0.4 is 0 Å². The zero-order valence-electron chi connectivity index (χ0n) is 10.5. The molecule has 0 radical (unpaired) electrons. The van der Waals surface area contributed by atoms with Crippen LogP contribution in [0.15, 0.2) is 11.8 Å². The Balaban J connectivity index is 3.24. The van der Waals surface area contributed by atoms with Gasteiger partial charge in [0.05, 0.1) is 18.4 Å². The molecule has 94 valence electrons. The summed E-state index contributed by atoms with van der Waals surface area (Å²) >= 11 is 0. The highest BCUT2D eigenvalue weighted by Crippen LogP contribution is 2.07. The first-order valence-corrected chi connectivity index (χ1v) is 6.20. The van der Waals surface area contributed by atoms with Gasteiger partial charge in [0.15, 0.2) is 0 Å². The van der Waals surface area contributed by atoms with E-state index >= 15 is 0 Å². The van der Waals surface area contributed by atoms with Gasteiger partial charge >= 0.3 is 5.97 Å². The maximum Gasteiger partial charge on any atom is 0.336 e. The molecule has 0 amide bonds. The number of hydrogen-bond donors (Lipinski definition) is 1. The van der Waals surface area contributed by atoms with Crippen LogP contribution in [-0.2, 0) is 9.53 Å². The SMILES string of the molecule is CCCCCCCCCOC(=O)/C(C)=C/O. The number of carbonyl (C=O) groups excluding carboxylic acids is 1. The van der Waals surface area contributed by atoms with Gasteiger partial charge in [0, 0.05) is 0 Å². The van der Waals surface area contributed by atoms with E-state index in [-0.39, 0.29) is 5.57 Å². The first-order valence-electron chi connectivity index (χ1n) is 6.20. The Kier molecular flexibility index (Phi) is 9.87. The average Bonchev–Trinajstić information content (AvgIpc) is 2.31. The topological polar surface area (TPSA) is 46.5 Å². The van der Waals surface area contributed by atoms with Crippen LogP contribution in [0.25, 0.3) is 0 Å². The van der Waals surface area contributed by atoms with Crippen molar-refractivity contribution in [1.29, 1.82) is 0 Å². The number of hydrogen-bond acceptors (Lipinski definition) is 3. The summed E-state index contributed by atoms with van der Waals surface area (Å²) < 4.78 is 4.96. The molecule has 0 aromatic carbocycles. The van der Waals surface area contributed by atoms with Crippen molar-refractivity contribution in [3.05, 3.63) is 11.8 Å².